The summed E-state index contributed by atoms with van der Waals surface area (Å²) < 4.78 is 3.85. The minimum absolute atomic E-state index is 1.24. The SMILES string of the molecule is c1ccc(-c2ccc3c(c2)c2c(-c4ccccc4)c4ccccc4n2c2sc4ccccc4c32)cc1. The largest absolute Gasteiger partial charge is 0.299 e. The fourth-order valence-corrected chi connectivity index (χ4v) is 7.06. The molecular formula is C34H21NS. The molecule has 3 heterocycles. The monoisotopic (exact) mass is 475 g/mol. The Labute approximate surface area is 212 Å². The van der Waals surface area contributed by atoms with Gasteiger partial charge in [-0.25, -0.2) is 0 Å². The maximum Gasteiger partial charge on any atom is 0.109 e. The molecule has 0 unspecified atom stereocenters. The van der Waals surface area contributed by atoms with Crippen molar-refractivity contribution in [1.82, 2.24) is 4.40 Å². The van der Waals surface area contributed by atoms with Gasteiger partial charge < -0.3 is 0 Å². The topological polar surface area (TPSA) is 4.41 Å². The molecule has 8 rings (SSSR count). The molecule has 0 spiro atoms. The normalized spacial score (nSPS) is 11.9. The fraction of sp³-hybridized carbons (Fsp3) is 0. The van der Waals surface area contributed by atoms with Crippen molar-refractivity contribution in [3.63, 3.8) is 0 Å². The first-order chi connectivity index (χ1) is 17.9. The van der Waals surface area contributed by atoms with Crippen molar-refractivity contribution < 1.29 is 0 Å². The molecular weight excluding hydrogens is 454 g/mol. The molecule has 5 aromatic carbocycles. The molecule has 0 aliphatic heterocycles. The predicted molar refractivity (Wildman–Crippen MR) is 156 cm³/mol. The molecule has 2 heteroatoms. The maximum absolute atomic E-state index is 2.52. The average molecular weight is 476 g/mol. The molecule has 0 bridgehead atoms. The van der Waals surface area contributed by atoms with Crippen LogP contribution in [0.25, 0.3) is 69.7 Å². The van der Waals surface area contributed by atoms with Gasteiger partial charge in [0.1, 0.15) is 4.83 Å². The Morgan fingerprint density at radius 2 is 1.14 bits per heavy atom. The number of aromatic nitrogens is 1. The summed E-state index contributed by atoms with van der Waals surface area (Å²) in [5.74, 6) is 0. The van der Waals surface area contributed by atoms with Gasteiger partial charge in [0.2, 0.25) is 0 Å². The van der Waals surface area contributed by atoms with E-state index in [4.69, 9.17) is 0 Å². The zero-order valence-electron chi connectivity index (χ0n) is 19.5. The Bertz CT molecular complexity index is 2080. The first kappa shape index (κ1) is 19.9. The lowest BCUT2D eigenvalue weighted by atomic mass is 9.96. The third-order valence-corrected chi connectivity index (χ3v) is 8.52. The smallest absolute Gasteiger partial charge is 0.109 e. The van der Waals surface area contributed by atoms with Crippen LogP contribution in [0.5, 0.6) is 0 Å². The molecule has 0 amide bonds. The van der Waals surface area contributed by atoms with E-state index in [1.165, 1.54) is 69.7 Å². The third-order valence-electron chi connectivity index (χ3n) is 7.37. The van der Waals surface area contributed by atoms with Gasteiger partial charge in [0.15, 0.2) is 0 Å². The summed E-state index contributed by atoms with van der Waals surface area (Å²) in [6, 6.07) is 46.3. The highest BCUT2D eigenvalue weighted by molar-refractivity contribution is 7.25. The van der Waals surface area contributed by atoms with Crippen LogP contribution in [0.15, 0.2) is 127 Å². The summed E-state index contributed by atoms with van der Waals surface area (Å²) in [4.78, 5) is 1.31. The lowest BCUT2D eigenvalue weighted by Crippen LogP contribution is -1.90. The van der Waals surface area contributed by atoms with Crippen molar-refractivity contribution in [3.05, 3.63) is 127 Å². The van der Waals surface area contributed by atoms with Crippen molar-refractivity contribution in [1.29, 1.82) is 0 Å². The van der Waals surface area contributed by atoms with Gasteiger partial charge in [-0.05, 0) is 40.3 Å². The summed E-state index contributed by atoms with van der Waals surface area (Å²) >= 11 is 1.89. The molecule has 168 valence electrons. The third kappa shape index (κ3) is 2.71. The molecule has 1 nitrogen and oxygen atoms in total. The molecule has 0 aliphatic carbocycles. The first-order valence-electron chi connectivity index (χ1n) is 12.3. The molecule has 0 aliphatic rings. The number of para-hydroxylation sites is 1. The van der Waals surface area contributed by atoms with E-state index < -0.39 is 0 Å². The van der Waals surface area contributed by atoms with E-state index in [2.05, 4.69) is 132 Å². The van der Waals surface area contributed by atoms with E-state index in [1.807, 2.05) is 11.3 Å². The molecule has 0 saturated heterocycles. The van der Waals surface area contributed by atoms with Crippen LogP contribution in [0.2, 0.25) is 0 Å². The number of hydrogen-bond donors (Lipinski definition) is 0. The van der Waals surface area contributed by atoms with Gasteiger partial charge in [-0.1, -0.05) is 109 Å². The summed E-state index contributed by atoms with van der Waals surface area (Å²) in [5.41, 5.74) is 7.59. The van der Waals surface area contributed by atoms with E-state index in [1.54, 1.807) is 0 Å². The summed E-state index contributed by atoms with van der Waals surface area (Å²) in [7, 11) is 0. The lowest BCUT2D eigenvalue weighted by molar-refractivity contribution is 1.37. The predicted octanol–water partition coefficient (Wildman–Crippen LogP) is 9.95. The van der Waals surface area contributed by atoms with Crippen LogP contribution in [0.4, 0.5) is 0 Å². The second kappa shape index (κ2) is 7.55. The standard InChI is InChI=1S/C34H21NS/c1-3-11-22(12-4-1)24-19-20-25-28(21-24)33-31(23-13-5-2-6-14-23)26-15-7-9-17-29(26)35(33)34-32(25)27-16-8-10-18-30(27)36-34/h1-21H. The fourth-order valence-electron chi connectivity index (χ4n) is 5.82. The molecule has 0 atom stereocenters. The quantitative estimate of drug-likeness (QED) is 0.234. The van der Waals surface area contributed by atoms with E-state index >= 15 is 0 Å². The Morgan fingerprint density at radius 1 is 0.472 bits per heavy atom. The van der Waals surface area contributed by atoms with Gasteiger partial charge in [-0.15, -0.1) is 11.3 Å². The van der Waals surface area contributed by atoms with Crippen molar-refractivity contribution in [2.45, 2.75) is 0 Å². The highest BCUT2D eigenvalue weighted by Gasteiger charge is 2.21. The number of hydrogen-bond acceptors (Lipinski definition) is 1. The Morgan fingerprint density at radius 3 is 1.94 bits per heavy atom. The Balaban J connectivity index is 1.68. The Kier molecular flexibility index (Phi) is 4.16. The van der Waals surface area contributed by atoms with E-state index in [0.29, 0.717) is 0 Å². The van der Waals surface area contributed by atoms with E-state index in [9.17, 15) is 0 Å². The number of fused-ring (bicyclic) bond motifs is 10. The number of pyridine rings is 1. The van der Waals surface area contributed by atoms with Gasteiger partial charge in [-0.2, -0.15) is 0 Å². The van der Waals surface area contributed by atoms with Crippen molar-refractivity contribution >= 4 is 58.8 Å². The van der Waals surface area contributed by atoms with Gasteiger partial charge in [-0.3, -0.25) is 4.40 Å². The minimum Gasteiger partial charge on any atom is -0.299 e. The molecule has 0 N–H and O–H groups in total. The second-order valence-corrected chi connectivity index (χ2v) is 10.4. The zero-order chi connectivity index (χ0) is 23.6. The van der Waals surface area contributed by atoms with Gasteiger partial charge >= 0.3 is 0 Å². The highest BCUT2D eigenvalue weighted by atomic mass is 32.1. The summed E-state index contributed by atoms with van der Waals surface area (Å²) in [5, 5.41) is 6.58. The molecule has 0 saturated carbocycles. The van der Waals surface area contributed by atoms with Crippen LogP contribution < -0.4 is 0 Å². The zero-order valence-corrected chi connectivity index (χ0v) is 20.3. The molecule has 3 aromatic heterocycles. The van der Waals surface area contributed by atoms with Crippen molar-refractivity contribution in [2.24, 2.45) is 0 Å². The van der Waals surface area contributed by atoms with Crippen LogP contribution in [0, 0.1) is 0 Å². The van der Waals surface area contributed by atoms with Crippen LogP contribution in [-0.4, -0.2) is 4.40 Å². The highest BCUT2D eigenvalue weighted by Crippen LogP contribution is 2.47. The summed E-state index contributed by atoms with van der Waals surface area (Å²) in [6.45, 7) is 0. The van der Waals surface area contributed by atoms with E-state index in [0.717, 1.165) is 0 Å². The van der Waals surface area contributed by atoms with Crippen molar-refractivity contribution in [3.8, 4) is 22.3 Å². The van der Waals surface area contributed by atoms with Gasteiger partial charge in [0, 0.05) is 31.8 Å². The molecule has 36 heavy (non-hydrogen) atoms. The van der Waals surface area contributed by atoms with Crippen LogP contribution in [-0.2, 0) is 0 Å². The Hall–Kier alpha value is -4.40. The number of thiophene rings is 1. The average Bonchev–Trinajstić information content (AvgIpc) is 3.50. The molecule has 8 aromatic rings. The van der Waals surface area contributed by atoms with Gasteiger partial charge in [0.25, 0.3) is 0 Å². The number of nitrogens with zero attached hydrogens (tertiary/aromatic N) is 1. The molecule has 0 radical (unpaired) electrons. The lowest BCUT2D eigenvalue weighted by Gasteiger charge is -2.11. The van der Waals surface area contributed by atoms with Crippen molar-refractivity contribution in [2.75, 3.05) is 0 Å². The molecule has 0 fully saturated rings. The van der Waals surface area contributed by atoms with Crippen LogP contribution >= 0.6 is 11.3 Å². The maximum atomic E-state index is 2.52. The number of rotatable bonds is 2. The van der Waals surface area contributed by atoms with Gasteiger partial charge in [0.05, 0.1) is 11.0 Å². The first-order valence-corrected chi connectivity index (χ1v) is 13.1. The van der Waals surface area contributed by atoms with E-state index in [-0.39, 0.29) is 0 Å². The van der Waals surface area contributed by atoms with Crippen LogP contribution in [0.3, 0.4) is 0 Å². The van der Waals surface area contributed by atoms with Crippen LogP contribution in [0.1, 0.15) is 0 Å². The minimum atomic E-state index is 1.24. The summed E-state index contributed by atoms with van der Waals surface area (Å²) in [6.07, 6.45) is 0. The second-order valence-electron chi connectivity index (χ2n) is 9.35. The number of benzene rings is 5.